The van der Waals surface area contributed by atoms with Crippen LogP contribution in [-0.2, 0) is 20.0 Å². The van der Waals surface area contributed by atoms with Crippen LogP contribution in [0.4, 0.5) is 5.82 Å². The van der Waals surface area contributed by atoms with Gasteiger partial charge in [0.05, 0.1) is 9.79 Å². The van der Waals surface area contributed by atoms with Crippen LogP contribution in [0.3, 0.4) is 0 Å². The van der Waals surface area contributed by atoms with E-state index in [-0.39, 0.29) is 28.7 Å². The average Bonchev–Trinajstić information content (AvgIpc) is 2.62. The number of rotatable bonds is 9. The van der Waals surface area contributed by atoms with Crippen molar-refractivity contribution in [3.63, 3.8) is 0 Å². The van der Waals surface area contributed by atoms with Crippen LogP contribution in [-0.4, -0.2) is 39.2 Å². The third-order valence-corrected chi connectivity index (χ3v) is 6.50. The molecule has 1 N–H and O–H groups in total. The van der Waals surface area contributed by atoms with Gasteiger partial charge in [-0.2, -0.15) is 4.31 Å². The Hall–Kier alpha value is -2.49. The molecule has 0 unspecified atom stereocenters. The van der Waals surface area contributed by atoms with Gasteiger partial charge in [0.25, 0.3) is 10.0 Å². The number of benzene rings is 1. The first-order valence-electron chi connectivity index (χ1n) is 7.57. The number of aromatic nitrogens is 1. The van der Waals surface area contributed by atoms with E-state index in [0.717, 1.165) is 10.4 Å². The molecule has 0 aliphatic rings. The first-order chi connectivity index (χ1) is 12.3. The molecule has 7 nitrogen and oxygen atoms in total. The lowest BCUT2D eigenvalue weighted by Crippen LogP contribution is -2.31. The van der Waals surface area contributed by atoms with Gasteiger partial charge in [0, 0.05) is 19.3 Å². The zero-order chi connectivity index (χ0) is 19.2. The highest BCUT2D eigenvalue weighted by molar-refractivity contribution is 7.93. The predicted molar refractivity (Wildman–Crippen MR) is 101 cm³/mol. The second kappa shape index (κ2) is 8.26. The van der Waals surface area contributed by atoms with E-state index in [2.05, 4.69) is 22.9 Å². The molecule has 1 aromatic carbocycles. The number of anilines is 1. The quantitative estimate of drug-likeness (QED) is 0.659. The van der Waals surface area contributed by atoms with Crippen LogP contribution in [0, 0.1) is 0 Å². The fourth-order valence-electron chi connectivity index (χ4n) is 2.13. The third kappa shape index (κ3) is 4.57. The van der Waals surface area contributed by atoms with Gasteiger partial charge in [-0.1, -0.05) is 24.3 Å². The van der Waals surface area contributed by atoms with Crippen molar-refractivity contribution in [2.45, 2.75) is 9.79 Å². The van der Waals surface area contributed by atoms with E-state index in [0.29, 0.717) is 0 Å². The van der Waals surface area contributed by atoms with Crippen LogP contribution >= 0.6 is 0 Å². The summed E-state index contributed by atoms with van der Waals surface area (Å²) in [4.78, 5) is 3.59. The molecule has 0 fully saturated rings. The van der Waals surface area contributed by atoms with Crippen molar-refractivity contribution < 1.29 is 16.8 Å². The van der Waals surface area contributed by atoms with E-state index in [1.807, 2.05) is 0 Å². The Kier molecular flexibility index (Phi) is 6.30. The van der Waals surface area contributed by atoms with Crippen LogP contribution in [0.2, 0.25) is 0 Å². The van der Waals surface area contributed by atoms with Crippen molar-refractivity contribution in [1.29, 1.82) is 0 Å². The molecule has 0 radical (unpaired) electrons. The Balaban J connectivity index is 2.40. The number of nitrogens with one attached hydrogen (secondary N) is 1. The van der Waals surface area contributed by atoms with Crippen molar-refractivity contribution in [2.24, 2.45) is 0 Å². The van der Waals surface area contributed by atoms with Crippen molar-refractivity contribution in [2.75, 3.05) is 17.8 Å². The Bertz CT molecular complexity index is 978. The van der Waals surface area contributed by atoms with E-state index < -0.39 is 20.0 Å². The number of hydrogen-bond acceptors (Lipinski definition) is 5. The molecule has 1 aromatic heterocycles. The highest BCUT2D eigenvalue weighted by atomic mass is 32.2. The minimum absolute atomic E-state index is 0.0809. The maximum atomic E-state index is 12.8. The molecule has 0 aliphatic heterocycles. The summed E-state index contributed by atoms with van der Waals surface area (Å²) >= 11 is 0. The Labute approximate surface area is 153 Å². The zero-order valence-electron chi connectivity index (χ0n) is 13.9. The molecule has 0 bridgehead atoms. The molecular weight excluding hydrogens is 374 g/mol. The van der Waals surface area contributed by atoms with E-state index in [1.165, 1.54) is 42.6 Å². The van der Waals surface area contributed by atoms with Crippen LogP contribution in [0.1, 0.15) is 0 Å². The van der Waals surface area contributed by atoms with Gasteiger partial charge >= 0.3 is 0 Å². The van der Waals surface area contributed by atoms with Gasteiger partial charge in [-0.15, -0.1) is 13.2 Å². The lowest BCUT2D eigenvalue weighted by Gasteiger charge is -2.19. The highest BCUT2D eigenvalue weighted by Gasteiger charge is 2.25. The molecule has 0 saturated heterocycles. The minimum Gasteiger partial charge on any atom is -0.263 e. The summed E-state index contributed by atoms with van der Waals surface area (Å²) in [5.74, 6) is 0.140. The highest BCUT2D eigenvalue weighted by Crippen LogP contribution is 2.21. The number of hydrogen-bond donors (Lipinski definition) is 1. The molecule has 0 atom stereocenters. The average molecular weight is 393 g/mol. The normalized spacial score (nSPS) is 11.9. The van der Waals surface area contributed by atoms with Gasteiger partial charge in [0.2, 0.25) is 10.0 Å². The summed E-state index contributed by atoms with van der Waals surface area (Å²) in [6.45, 7) is 7.24. The zero-order valence-corrected chi connectivity index (χ0v) is 15.6. The summed E-state index contributed by atoms with van der Waals surface area (Å²) in [5, 5.41) is 0. The first-order valence-corrected chi connectivity index (χ1v) is 10.5. The standard InChI is InChI=1S/C17H19N3O4S2/c1-3-12-20(13-4-2)26(23,24)16-9-7-8-15(14-16)25(21,22)19-17-10-5-6-11-18-17/h3-11,14H,1-2,12-13H2,(H,18,19). The maximum absolute atomic E-state index is 12.8. The lowest BCUT2D eigenvalue weighted by atomic mass is 10.4. The Morgan fingerprint density at radius 3 is 2.19 bits per heavy atom. The molecule has 1 heterocycles. The SMILES string of the molecule is C=CCN(CC=C)S(=O)(=O)c1cccc(S(=O)(=O)Nc2ccccn2)c1. The summed E-state index contributed by atoms with van der Waals surface area (Å²) in [5.41, 5.74) is 0. The molecule has 0 amide bonds. The molecule has 26 heavy (non-hydrogen) atoms. The smallest absolute Gasteiger partial charge is 0.263 e. The summed E-state index contributed by atoms with van der Waals surface area (Å²) in [6, 6.07) is 9.92. The first kappa shape index (κ1) is 19.8. The minimum atomic E-state index is -3.98. The van der Waals surface area contributed by atoms with Crippen LogP contribution in [0.25, 0.3) is 0 Å². The molecule has 138 valence electrons. The molecule has 0 saturated carbocycles. The molecule has 0 spiro atoms. The van der Waals surface area contributed by atoms with E-state index in [9.17, 15) is 16.8 Å². The Morgan fingerprint density at radius 2 is 1.62 bits per heavy atom. The fourth-order valence-corrected chi connectivity index (χ4v) is 4.69. The topological polar surface area (TPSA) is 96.4 Å². The molecule has 2 aromatic rings. The monoisotopic (exact) mass is 393 g/mol. The molecular formula is C17H19N3O4S2. The molecule has 2 rings (SSSR count). The molecule has 0 aliphatic carbocycles. The van der Waals surface area contributed by atoms with Gasteiger partial charge in [0.15, 0.2) is 0 Å². The van der Waals surface area contributed by atoms with Crippen molar-refractivity contribution in [3.05, 3.63) is 74.0 Å². The van der Waals surface area contributed by atoms with E-state index in [4.69, 9.17) is 0 Å². The fraction of sp³-hybridized carbons (Fsp3) is 0.118. The maximum Gasteiger partial charge on any atom is 0.263 e. The van der Waals surface area contributed by atoms with Crippen LogP contribution in [0.15, 0.2) is 83.8 Å². The largest absolute Gasteiger partial charge is 0.263 e. The summed E-state index contributed by atoms with van der Waals surface area (Å²) < 4.78 is 54.0. The van der Waals surface area contributed by atoms with Gasteiger partial charge < -0.3 is 0 Å². The van der Waals surface area contributed by atoms with Gasteiger partial charge in [-0.25, -0.2) is 21.8 Å². The number of nitrogens with zero attached hydrogens (tertiary/aromatic N) is 2. The summed E-state index contributed by atoms with van der Waals surface area (Å²) in [6.07, 6.45) is 4.34. The summed E-state index contributed by atoms with van der Waals surface area (Å²) in [7, 11) is -7.88. The van der Waals surface area contributed by atoms with Gasteiger partial charge in [0.1, 0.15) is 5.82 Å². The van der Waals surface area contributed by atoms with Crippen molar-refractivity contribution in [1.82, 2.24) is 9.29 Å². The molecule has 9 heteroatoms. The van der Waals surface area contributed by atoms with E-state index in [1.54, 1.807) is 12.1 Å². The van der Waals surface area contributed by atoms with Crippen molar-refractivity contribution >= 4 is 25.9 Å². The second-order valence-corrected chi connectivity index (χ2v) is 8.82. The van der Waals surface area contributed by atoms with Crippen molar-refractivity contribution in [3.8, 4) is 0 Å². The van der Waals surface area contributed by atoms with Gasteiger partial charge in [-0.3, -0.25) is 4.72 Å². The third-order valence-electron chi connectivity index (χ3n) is 3.32. The van der Waals surface area contributed by atoms with Gasteiger partial charge in [-0.05, 0) is 30.3 Å². The Morgan fingerprint density at radius 1 is 0.962 bits per heavy atom. The van der Waals surface area contributed by atoms with E-state index >= 15 is 0 Å². The lowest BCUT2D eigenvalue weighted by molar-refractivity contribution is 0.474. The predicted octanol–water partition coefficient (Wildman–Crippen LogP) is 2.25. The number of pyridine rings is 1. The van der Waals surface area contributed by atoms with Crippen LogP contribution < -0.4 is 4.72 Å². The van der Waals surface area contributed by atoms with Crippen LogP contribution in [0.5, 0.6) is 0 Å². The second-order valence-electron chi connectivity index (χ2n) is 5.19. The number of sulfonamides is 2.